The van der Waals surface area contributed by atoms with E-state index in [-0.39, 0.29) is 11.7 Å². The van der Waals surface area contributed by atoms with Gasteiger partial charge in [-0.05, 0) is 56.7 Å². The number of hydrogen-bond acceptors (Lipinski definition) is 4. The molecule has 1 saturated carbocycles. The van der Waals surface area contributed by atoms with E-state index in [2.05, 4.69) is 5.32 Å². The van der Waals surface area contributed by atoms with Crippen LogP contribution in [0, 0.1) is 5.92 Å². The first-order valence-electron chi connectivity index (χ1n) is 7.89. The van der Waals surface area contributed by atoms with Crippen LogP contribution < -0.4 is 5.32 Å². The lowest BCUT2D eigenvalue weighted by Crippen LogP contribution is -2.48. The maximum Gasteiger partial charge on any atom is 0.0795 e. The van der Waals surface area contributed by atoms with Crippen LogP contribution in [0.1, 0.15) is 44.9 Å². The molecular formula is C15H27NO2S. The Morgan fingerprint density at radius 2 is 2.26 bits per heavy atom. The number of aliphatic hydroxyl groups is 1. The van der Waals surface area contributed by atoms with Crippen LogP contribution >= 0.6 is 11.8 Å². The van der Waals surface area contributed by atoms with Crippen molar-refractivity contribution in [2.24, 2.45) is 5.92 Å². The van der Waals surface area contributed by atoms with Crippen molar-refractivity contribution in [2.45, 2.75) is 62.7 Å². The van der Waals surface area contributed by atoms with Gasteiger partial charge < -0.3 is 15.2 Å². The van der Waals surface area contributed by atoms with E-state index in [1.54, 1.807) is 0 Å². The summed E-state index contributed by atoms with van der Waals surface area (Å²) in [6, 6.07) is 0.631. The number of thioether (sulfide) groups is 1. The normalized spacial score (nSPS) is 43.7. The van der Waals surface area contributed by atoms with Gasteiger partial charge in [0.15, 0.2) is 0 Å². The van der Waals surface area contributed by atoms with Crippen LogP contribution in [0.4, 0.5) is 0 Å². The van der Waals surface area contributed by atoms with E-state index in [1.165, 1.54) is 37.2 Å². The molecule has 3 rings (SSSR count). The Kier molecular flexibility index (Phi) is 4.73. The molecule has 1 aliphatic carbocycles. The molecule has 3 fully saturated rings. The van der Waals surface area contributed by atoms with Crippen molar-refractivity contribution < 1.29 is 9.84 Å². The maximum absolute atomic E-state index is 9.73. The summed E-state index contributed by atoms with van der Waals surface area (Å²) in [4.78, 5) is 0. The molecule has 2 aliphatic heterocycles. The third-order valence-corrected chi connectivity index (χ3v) is 6.23. The van der Waals surface area contributed by atoms with Crippen LogP contribution in [0.15, 0.2) is 0 Å². The molecule has 2 saturated heterocycles. The first-order valence-corrected chi connectivity index (χ1v) is 9.04. The topological polar surface area (TPSA) is 41.5 Å². The number of nitrogens with one attached hydrogen (secondary N) is 1. The van der Waals surface area contributed by atoms with Gasteiger partial charge in [0, 0.05) is 18.4 Å². The molecule has 2 N–H and O–H groups in total. The number of hydrogen-bond donors (Lipinski definition) is 2. The molecule has 0 amide bonds. The number of aliphatic hydroxyl groups excluding tert-OH is 1. The second-order valence-electron chi connectivity index (χ2n) is 6.62. The average Bonchev–Trinajstić information content (AvgIpc) is 2.85. The Bertz CT molecular complexity index is 294. The van der Waals surface area contributed by atoms with Crippen LogP contribution in [-0.4, -0.2) is 47.5 Å². The van der Waals surface area contributed by atoms with E-state index >= 15 is 0 Å². The molecule has 110 valence electrons. The molecule has 4 heteroatoms. The lowest BCUT2D eigenvalue weighted by molar-refractivity contribution is -0.0707. The molecule has 4 unspecified atom stereocenters. The van der Waals surface area contributed by atoms with E-state index < -0.39 is 0 Å². The fourth-order valence-electron chi connectivity index (χ4n) is 3.85. The van der Waals surface area contributed by atoms with Crippen molar-refractivity contribution in [3.05, 3.63) is 0 Å². The summed E-state index contributed by atoms with van der Waals surface area (Å²) in [6.07, 6.45) is 8.02. The van der Waals surface area contributed by atoms with E-state index in [9.17, 15) is 5.11 Å². The summed E-state index contributed by atoms with van der Waals surface area (Å²) in [5.41, 5.74) is 0.187. The molecule has 1 spiro atoms. The first kappa shape index (κ1) is 14.2. The van der Waals surface area contributed by atoms with Crippen molar-refractivity contribution in [1.82, 2.24) is 5.32 Å². The van der Waals surface area contributed by atoms with Gasteiger partial charge in [-0.1, -0.05) is 6.42 Å². The van der Waals surface area contributed by atoms with Crippen molar-refractivity contribution in [3.8, 4) is 0 Å². The minimum Gasteiger partial charge on any atom is -0.393 e. The molecule has 0 aromatic rings. The summed E-state index contributed by atoms with van der Waals surface area (Å²) in [7, 11) is 0. The van der Waals surface area contributed by atoms with Crippen molar-refractivity contribution >= 4 is 11.8 Å². The first-order chi connectivity index (χ1) is 9.26. The molecule has 2 heterocycles. The predicted octanol–water partition coefficient (Wildman–Crippen LogP) is 2.18. The third kappa shape index (κ3) is 3.66. The minimum absolute atomic E-state index is 0.0483. The van der Waals surface area contributed by atoms with Crippen molar-refractivity contribution in [2.75, 3.05) is 24.7 Å². The summed E-state index contributed by atoms with van der Waals surface area (Å²) < 4.78 is 6.06. The SMILES string of the molecule is OC1CCCC(CNC2CCOC3(CCSC3)C2)C1. The quantitative estimate of drug-likeness (QED) is 0.834. The fraction of sp³-hybridized carbons (Fsp3) is 1.00. The molecule has 19 heavy (non-hydrogen) atoms. The summed E-state index contributed by atoms with van der Waals surface area (Å²) in [6.45, 7) is 2.01. The van der Waals surface area contributed by atoms with Gasteiger partial charge in [0.2, 0.25) is 0 Å². The fourth-order valence-corrected chi connectivity index (χ4v) is 5.22. The highest BCUT2D eigenvalue weighted by molar-refractivity contribution is 7.99. The molecule has 0 aromatic carbocycles. The highest BCUT2D eigenvalue weighted by atomic mass is 32.2. The van der Waals surface area contributed by atoms with Gasteiger partial charge in [-0.3, -0.25) is 0 Å². The monoisotopic (exact) mass is 285 g/mol. The predicted molar refractivity (Wildman–Crippen MR) is 79.6 cm³/mol. The average molecular weight is 285 g/mol. The van der Waals surface area contributed by atoms with Crippen molar-refractivity contribution in [3.63, 3.8) is 0 Å². The number of ether oxygens (including phenoxy) is 1. The van der Waals surface area contributed by atoms with Crippen LogP contribution in [0.5, 0.6) is 0 Å². The van der Waals surface area contributed by atoms with E-state index in [0.29, 0.717) is 12.0 Å². The van der Waals surface area contributed by atoms with Gasteiger partial charge >= 0.3 is 0 Å². The van der Waals surface area contributed by atoms with Crippen LogP contribution in [-0.2, 0) is 4.74 Å². The maximum atomic E-state index is 9.73. The molecule has 3 nitrogen and oxygen atoms in total. The van der Waals surface area contributed by atoms with Gasteiger partial charge in [0.1, 0.15) is 0 Å². The molecule has 4 atom stereocenters. The van der Waals surface area contributed by atoms with Gasteiger partial charge in [-0.15, -0.1) is 0 Å². The summed E-state index contributed by atoms with van der Waals surface area (Å²) in [5, 5.41) is 13.5. The molecular weight excluding hydrogens is 258 g/mol. The Balaban J connectivity index is 1.44. The minimum atomic E-state index is -0.0483. The van der Waals surface area contributed by atoms with Gasteiger partial charge in [0.25, 0.3) is 0 Å². The third-order valence-electron chi connectivity index (χ3n) is 5.01. The van der Waals surface area contributed by atoms with E-state index in [0.717, 1.165) is 32.4 Å². The Morgan fingerprint density at radius 3 is 3.05 bits per heavy atom. The van der Waals surface area contributed by atoms with Crippen molar-refractivity contribution in [1.29, 1.82) is 0 Å². The highest BCUT2D eigenvalue weighted by Crippen LogP contribution is 2.38. The second kappa shape index (κ2) is 6.33. The molecule has 0 bridgehead atoms. The van der Waals surface area contributed by atoms with Gasteiger partial charge in [0.05, 0.1) is 11.7 Å². The highest BCUT2D eigenvalue weighted by Gasteiger charge is 2.40. The largest absolute Gasteiger partial charge is 0.393 e. The van der Waals surface area contributed by atoms with E-state index in [4.69, 9.17) is 4.74 Å². The second-order valence-corrected chi connectivity index (χ2v) is 7.72. The summed E-state index contributed by atoms with van der Waals surface area (Å²) in [5.74, 6) is 3.13. The van der Waals surface area contributed by atoms with Gasteiger partial charge in [-0.2, -0.15) is 11.8 Å². The van der Waals surface area contributed by atoms with Gasteiger partial charge in [-0.25, -0.2) is 0 Å². The smallest absolute Gasteiger partial charge is 0.0795 e. The summed E-state index contributed by atoms with van der Waals surface area (Å²) >= 11 is 2.04. The number of rotatable bonds is 3. The molecule has 0 aromatic heterocycles. The standard InChI is InChI=1S/C15H27NO2S/c17-14-3-1-2-12(8-14)10-16-13-4-6-18-15(9-13)5-7-19-11-15/h12-14,16-17H,1-11H2. The van der Waals surface area contributed by atoms with Crippen LogP contribution in [0.2, 0.25) is 0 Å². The Hall–Kier alpha value is 0.230. The lowest BCUT2D eigenvalue weighted by Gasteiger charge is -2.39. The zero-order valence-electron chi connectivity index (χ0n) is 11.8. The van der Waals surface area contributed by atoms with Crippen LogP contribution in [0.25, 0.3) is 0 Å². The lowest BCUT2D eigenvalue weighted by atomic mass is 9.86. The zero-order valence-corrected chi connectivity index (χ0v) is 12.6. The van der Waals surface area contributed by atoms with E-state index in [1.807, 2.05) is 11.8 Å². The Morgan fingerprint density at radius 1 is 1.32 bits per heavy atom. The zero-order chi connectivity index (χ0) is 13.1. The van der Waals surface area contributed by atoms with Crippen LogP contribution in [0.3, 0.4) is 0 Å². The Labute approximate surface area is 120 Å². The molecule has 3 aliphatic rings. The molecule has 0 radical (unpaired) electrons.